The largest absolute Gasteiger partial charge is 0.316 e. The van der Waals surface area contributed by atoms with Gasteiger partial charge in [0.25, 0.3) is 10.2 Å². The minimum Gasteiger partial charge on any atom is -0.316 e. The molecule has 3 saturated heterocycles. The van der Waals surface area contributed by atoms with E-state index in [2.05, 4.69) is 12.2 Å². The molecule has 3 aliphatic heterocycles. The van der Waals surface area contributed by atoms with Gasteiger partial charge >= 0.3 is 0 Å². The van der Waals surface area contributed by atoms with Gasteiger partial charge in [0.1, 0.15) is 0 Å². The molecule has 0 aromatic rings. The van der Waals surface area contributed by atoms with Crippen molar-refractivity contribution in [3.8, 4) is 0 Å². The van der Waals surface area contributed by atoms with Crippen molar-refractivity contribution in [3.05, 3.63) is 0 Å². The third-order valence-corrected chi connectivity index (χ3v) is 7.40. The van der Waals surface area contributed by atoms with Crippen molar-refractivity contribution < 1.29 is 8.42 Å². The summed E-state index contributed by atoms with van der Waals surface area (Å²) in [5.74, 6) is 0.990. The minimum absolute atomic E-state index is 0.222. The fourth-order valence-electron chi connectivity index (χ4n) is 4.23. The molecule has 3 heterocycles. The summed E-state index contributed by atoms with van der Waals surface area (Å²) in [6.07, 6.45) is 6.56. The highest BCUT2D eigenvalue weighted by molar-refractivity contribution is 7.86. The molecule has 21 heavy (non-hydrogen) atoms. The standard InChI is InChI=1S/C15H29N3O2S/c1-13-5-3-9-17(12-13)21(19,20)18-10-4-7-15(18)14-6-2-8-16-11-14/h13-16H,2-12H2,1H3. The van der Waals surface area contributed by atoms with E-state index in [-0.39, 0.29) is 6.04 Å². The Balaban J connectivity index is 1.73. The molecule has 1 N–H and O–H groups in total. The first-order chi connectivity index (χ1) is 10.1. The Morgan fingerprint density at radius 2 is 1.86 bits per heavy atom. The molecule has 0 saturated carbocycles. The van der Waals surface area contributed by atoms with E-state index in [9.17, 15) is 8.42 Å². The van der Waals surface area contributed by atoms with Crippen LogP contribution < -0.4 is 5.32 Å². The highest BCUT2D eigenvalue weighted by atomic mass is 32.2. The number of piperidine rings is 2. The zero-order valence-electron chi connectivity index (χ0n) is 13.1. The van der Waals surface area contributed by atoms with Gasteiger partial charge in [-0.15, -0.1) is 0 Å². The third kappa shape index (κ3) is 3.28. The number of rotatable bonds is 3. The van der Waals surface area contributed by atoms with Gasteiger partial charge in [0.05, 0.1) is 0 Å². The van der Waals surface area contributed by atoms with Crippen molar-refractivity contribution in [2.75, 3.05) is 32.7 Å². The SMILES string of the molecule is CC1CCCN(S(=O)(=O)N2CCCC2C2CCCNC2)C1. The second kappa shape index (κ2) is 6.52. The number of hydrogen-bond acceptors (Lipinski definition) is 3. The Kier molecular flexibility index (Phi) is 4.88. The summed E-state index contributed by atoms with van der Waals surface area (Å²) in [5.41, 5.74) is 0. The van der Waals surface area contributed by atoms with E-state index in [1.165, 1.54) is 12.8 Å². The normalized spacial score (nSPS) is 36.9. The van der Waals surface area contributed by atoms with Crippen LogP contribution in [-0.4, -0.2) is 55.8 Å². The highest BCUT2D eigenvalue weighted by Crippen LogP contribution is 2.32. The maximum Gasteiger partial charge on any atom is 0.282 e. The second-order valence-corrected chi connectivity index (χ2v) is 8.92. The van der Waals surface area contributed by atoms with Crippen molar-refractivity contribution >= 4 is 10.2 Å². The monoisotopic (exact) mass is 315 g/mol. The van der Waals surface area contributed by atoms with Gasteiger partial charge in [-0.2, -0.15) is 17.0 Å². The zero-order chi connectivity index (χ0) is 14.9. The fourth-order valence-corrected chi connectivity index (χ4v) is 6.31. The van der Waals surface area contributed by atoms with E-state index < -0.39 is 10.2 Å². The lowest BCUT2D eigenvalue weighted by molar-refractivity contribution is 0.211. The van der Waals surface area contributed by atoms with Gasteiger partial charge in [0.2, 0.25) is 0 Å². The quantitative estimate of drug-likeness (QED) is 0.857. The topological polar surface area (TPSA) is 52.7 Å². The summed E-state index contributed by atoms with van der Waals surface area (Å²) in [7, 11) is -3.25. The summed E-state index contributed by atoms with van der Waals surface area (Å²) in [4.78, 5) is 0. The maximum absolute atomic E-state index is 13.0. The number of nitrogens with one attached hydrogen (secondary N) is 1. The molecule has 0 spiro atoms. The Bertz CT molecular complexity index is 448. The molecule has 3 atom stereocenters. The average Bonchev–Trinajstić information content (AvgIpc) is 2.98. The molecule has 0 bridgehead atoms. The van der Waals surface area contributed by atoms with E-state index in [0.717, 1.165) is 38.8 Å². The Labute approximate surface area is 129 Å². The molecule has 5 nitrogen and oxygen atoms in total. The Morgan fingerprint density at radius 1 is 1.05 bits per heavy atom. The molecule has 0 radical (unpaired) electrons. The molecule has 0 aromatic carbocycles. The van der Waals surface area contributed by atoms with Crippen molar-refractivity contribution in [2.45, 2.75) is 51.5 Å². The van der Waals surface area contributed by atoms with Gasteiger partial charge < -0.3 is 5.32 Å². The molecule has 3 fully saturated rings. The summed E-state index contributed by atoms with van der Waals surface area (Å²) >= 11 is 0. The predicted octanol–water partition coefficient (Wildman–Crippen LogP) is 1.43. The summed E-state index contributed by atoms with van der Waals surface area (Å²) in [6, 6.07) is 0.222. The van der Waals surface area contributed by atoms with Crippen LogP contribution in [0.5, 0.6) is 0 Å². The van der Waals surface area contributed by atoms with Crippen LogP contribution in [0.15, 0.2) is 0 Å². The van der Waals surface area contributed by atoms with Crippen LogP contribution in [0.1, 0.15) is 45.4 Å². The Morgan fingerprint density at radius 3 is 2.57 bits per heavy atom. The van der Waals surface area contributed by atoms with Crippen molar-refractivity contribution in [2.24, 2.45) is 11.8 Å². The van der Waals surface area contributed by atoms with Crippen LogP contribution in [0.3, 0.4) is 0 Å². The van der Waals surface area contributed by atoms with E-state index in [4.69, 9.17) is 0 Å². The van der Waals surface area contributed by atoms with Gasteiger partial charge in [-0.25, -0.2) is 0 Å². The predicted molar refractivity (Wildman–Crippen MR) is 84.2 cm³/mol. The molecule has 0 amide bonds. The molecular formula is C15H29N3O2S. The molecule has 3 rings (SSSR count). The molecule has 0 aromatic heterocycles. The molecule has 0 aliphatic carbocycles. The summed E-state index contributed by atoms with van der Waals surface area (Å²) < 4.78 is 29.6. The van der Waals surface area contributed by atoms with Crippen molar-refractivity contribution in [1.82, 2.24) is 13.9 Å². The molecule has 3 unspecified atom stereocenters. The smallest absolute Gasteiger partial charge is 0.282 e. The zero-order valence-corrected chi connectivity index (χ0v) is 13.9. The molecule has 6 heteroatoms. The van der Waals surface area contributed by atoms with Gasteiger partial charge in [-0.05, 0) is 63.5 Å². The molecule has 122 valence electrons. The lowest BCUT2D eigenvalue weighted by Gasteiger charge is -2.38. The Hall–Kier alpha value is -0.170. The van der Waals surface area contributed by atoms with Crippen LogP contribution in [0.2, 0.25) is 0 Å². The van der Waals surface area contributed by atoms with E-state index in [1.54, 1.807) is 4.31 Å². The number of nitrogens with zero attached hydrogens (tertiary/aromatic N) is 2. The maximum atomic E-state index is 13.0. The van der Waals surface area contributed by atoms with Crippen LogP contribution in [0.25, 0.3) is 0 Å². The van der Waals surface area contributed by atoms with Crippen LogP contribution >= 0.6 is 0 Å². The fraction of sp³-hybridized carbons (Fsp3) is 1.00. The third-order valence-electron chi connectivity index (χ3n) is 5.37. The molecular weight excluding hydrogens is 286 g/mol. The van der Waals surface area contributed by atoms with E-state index in [1.807, 2.05) is 4.31 Å². The summed E-state index contributed by atoms with van der Waals surface area (Å²) in [5, 5.41) is 3.44. The first-order valence-electron chi connectivity index (χ1n) is 8.56. The average molecular weight is 315 g/mol. The van der Waals surface area contributed by atoms with Crippen molar-refractivity contribution in [3.63, 3.8) is 0 Å². The van der Waals surface area contributed by atoms with E-state index in [0.29, 0.717) is 31.5 Å². The first kappa shape index (κ1) is 15.7. The first-order valence-corrected chi connectivity index (χ1v) is 9.96. The lowest BCUT2D eigenvalue weighted by Crippen LogP contribution is -2.52. The van der Waals surface area contributed by atoms with Crippen LogP contribution in [-0.2, 0) is 10.2 Å². The van der Waals surface area contributed by atoms with Crippen LogP contribution in [0.4, 0.5) is 0 Å². The van der Waals surface area contributed by atoms with E-state index >= 15 is 0 Å². The second-order valence-electron chi connectivity index (χ2n) is 7.04. The highest BCUT2D eigenvalue weighted by Gasteiger charge is 2.42. The lowest BCUT2D eigenvalue weighted by atomic mass is 9.91. The van der Waals surface area contributed by atoms with Gasteiger partial charge in [0.15, 0.2) is 0 Å². The minimum atomic E-state index is -3.25. The van der Waals surface area contributed by atoms with Crippen LogP contribution in [0, 0.1) is 11.8 Å². The summed E-state index contributed by atoms with van der Waals surface area (Å²) in [6.45, 7) is 6.35. The van der Waals surface area contributed by atoms with Gasteiger partial charge in [-0.1, -0.05) is 6.92 Å². The van der Waals surface area contributed by atoms with Crippen molar-refractivity contribution in [1.29, 1.82) is 0 Å². The molecule has 3 aliphatic rings. The van der Waals surface area contributed by atoms with Gasteiger partial charge in [-0.3, -0.25) is 0 Å². The van der Waals surface area contributed by atoms with Gasteiger partial charge in [0, 0.05) is 25.7 Å². The number of hydrogen-bond donors (Lipinski definition) is 1.